The third kappa shape index (κ3) is 4.47. The Morgan fingerprint density at radius 1 is 1.25 bits per heavy atom. The fraction of sp³-hybridized carbons (Fsp3) is 0.533. The van der Waals surface area contributed by atoms with Gasteiger partial charge in [0.2, 0.25) is 10.0 Å². The van der Waals surface area contributed by atoms with E-state index < -0.39 is 21.9 Å². The van der Waals surface area contributed by atoms with Gasteiger partial charge < -0.3 is 0 Å². The van der Waals surface area contributed by atoms with E-state index >= 15 is 0 Å². The van der Waals surface area contributed by atoms with Crippen LogP contribution in [0.3, 0.4) is 0 Å². The topological polar surface area (TPSA) is 75.8 Å². The van der Waals surface area contributed by atoms with Crippen molar-refractivity contribution in [2.45, 2.75) is 56.1 Å². The van der Waals surface area contributed by atoms with Gasteiger partial charge in [0.1, 0.15) is 5.71 Å². The van der Waals surface area contributed by atoms with Crippen molar-refractivity contribution in [1.82, 2.24) is 0 Å². The van der Waals surface area contributed by atoms with Crippen molar-refractivity contribution in [3.8, 4) is 0 Å². The monoisotopic (exact) mass is 363 g/mol. The first kappa shape index (κ1) is 18.7. The zero-order chi connectivity index (χ0) is 18.0. The average molecular weight is 363 g/mol. The molecule has 1 atom stereocenters. The minimum absolute atomic E-state index is 0.0898. The molecule has 24 heavy (non-hydrogen) atoms. The maximum Gasteiger partial charge on any atom is 0.431 e. The van der Waals surface area contributed by atoms with Crippen LogP contribution < -0.4 is 10.1 Å². The maximum absolute atomic E-state index is 13.0. The largest absolute Gasteiger partial charge is 0.431 e. The Morgan fingerprint density at radius 2 is 1.88 bits per heavy atom. The second-order valence-corrected chi connectivity index (χ2v) is 7.34. The quantitative estimate of drug-likeness (QED) is 0.787. The molecule has 0 radical (unpaired) electrons. The molecule has 1 aromatic carbocycles. The molecular formula is C15H20F3N3O2S. The summed E-state index contributed by atoms with van der Waals surface area (Å²) in [6.07, 6.45) is -1.30. The number of hydrazone groups is 1. The lowest BCUT2D eigenvalue weighted by molar-refractivity contribution is -0.0600. The number of anilines is 1. The number of rotatable bonds is 6. The molecule has 1 aromatic rings. The summed E-state index contributed by atoms with van der Waals surface area (Å²) in [7, 11) is -3.84. The molecule has 2 rings (SSSR count). The number of unbranched alkanes of at least 4 members (excludes halogenated alkanes) is 2. The molecule has 1 heterocycles. The number of nitrogens with two attached hydrogens (primary N) is 1. The number of halogens is 3. The molecule has 0 amide bonds. The van der Waals surface area contributed by atoms with Crippen LogP contribution in [0.2, 0.25) is 0 Å². The fourth-order valence-electron chi connectivity index (χ4n) is 2.65. The van der Waals surface area contributed by atoms with Crippen LogP contribution in [0.1, 0.15) is 39.0 Å². The number of hydrogen-bond donors (Lipinski definition) is 1. The highest BCUT2D eigenvalue weighted by atomic mass is 32.2. The van der Waals surface area contributed by atoms with E-state index in [9.17, 15) is 21.6 Å². The van der Waals surface area contributed by atoms with Gasteiger partial charge in [0, 0.05) is 6.42 Å². The summed E-state index contributed by atoms with van der Waals surface area (Å²) < 4.78 is 61.5. The van der Waals surface area contributed by atoms with Crippen molar-refractivity contribution in [2.24, 2.45) is 10.2 Å². The molecule has 0 aliphatic carbocycles. The second kappa shape index (κ2) is 7.10. The zero-order valence-electron chi connectivity index (χ0n) is 13.3. The minimum atomic E-state index is -4.46. The lowest BCUT2D eigenvalue weighted by Gasteiger charge is -2.23. The van der Waals surface area contributed by atoms with Gasteiger partial charge in [-0.05, 0) is 30.7 Å². The first-order valence-corrected chi connectivity index (χ1v) is 9.24. The molecular weight excluding hydrogens is 343 g/mol. The maximum atomic E-state index is 13.0. The van der Waals surface area contributed by atoms with Gasteiger partial charge in [0.25, 0.3) is 0 Å². The van der Waals surface area contributed by atoms with Crippen molar-refractivity contribution < 1.29 is 21.6 Å². The summed E-state index contributed by atoms with van der Waals surface area (Å²) in [5, 5.41) is 10.1. The van der Waals surface area contributed by atoms with Crippen LogP contribution in [0.15, 0.2) is 34.3 Å². The standard InChI is InChI=1S/C15H20F3N3O2S/c1-2-3-4-5-12-10-14(15(16,17)18)20-21(12)11-6-8-13(9-7-11)24(19,22)23/h6-9,12H,2-5,10H2,1H3,(H2,19,22,23). The highest BCUT2D eigenvalue weighted by molar-refractivity contribution is 7.89. The third-order valence-corrected chi connectivity index (χ3v) is 4.83. The zero-order valence-corrected chi connectivity index (χ0v) is 14.1. The first-order valence-electron chi connectivity index (χ1n) is 7.69. The summed E-state index contributed by atoms with van der Waals surface area (Å²) in [6, 6.07) is 5.02. The predicted molar refractivity (Wildman–Crippen MR) is 86.3 cm³/mol. The van der Waals surface area contributed by atoms with Gasteiger partial charge in [-0.25, -0.2) is 13.6 Å². The third-order valence-electron chi connectivity index (χ3n) is 3.90. The summed E-state index contributed by atoms with van der Waals surface area (Å²) in [4.78, 5) is -0.0898. The molecule has 1 aliphatic heterocycles. The van der Waals surface area contributed by atoms with E-state index in [1.165, 1.54) is 29.3 Å². The first-order chi connectivity index (χ1) is 11.1. The van der Waals surface area contributed by atoms with Crippen LogP contribution in [0, 0.1) is 0 Å². The molecule has 1 aliphatic rings. The molecule has 9 heteroatoms. The molecule has 0 spiro atoms. The van der Waals surface area contributed by atoms with E-state index in [1.807, 2.05) is 6.92 Å². The van der Waals surface area contributed by atoms with Crippen LogP contribution in [-0.2, 0) is 10.0 Å². The second-order valence-electron chi connectivity index (χ2n) is 5.78. The fourth-order valence-corrected chi connectivity index (χ4v) is 3.16. The Balaban J connectivity index is 2.26. The van der Waals surface area contributed by atoms with Gasteiger partial charge in [-0.3, -0.25) is 5.01 Å². The van der Waals surface area contributed by atoms with Gasteiger partial charge in [0.15, 0.2) is 0 Å². The SMILES string of the molecule is CCCCCC1CC(C(F)(F)F)=NN1c1ccc(S(N)(=O)=O)cc1. The van der Waals surface area contributed by atoms with Gasteiger partial charge in [-0.15, -0.1) is 0 Å². The van der Waals surface area contributed by atoms with E-state index in [0.717, 1.165) is 19.3 Å². The van der Waals surface area contributed by atoms with Gasteiger partial charge in [-0.1, -0.05) is 26.2 Å². The van der Waals surface area contributed by atoms with Gasteiger partial charge in [-0.2, -0.15) is 18.3 Å². The van der Waals surface area contributed by atoms with Gasteiger partial charge >= 0.3 is 6.18 Å². The van der Waals surface area contributed by atoms with Crippen LogP contribution in [-0.4, -0.2) is 26.3 Å². The Morgan fingerprint density at radius 3 is 2.38 bits per heavy atom. The van der Waals surface area contributed by atoms with Crippen LogP contribution in [0.25, 0.3) is 0 Å². The Kier molecular flexibility index (Phi) is 5.54. The number of nitrogens with zero attached hydrogens (tertiary/aromatic N) is 2. The number of sulfonamides is 1. The average Bonchev–Trinajstić information content (AvgIpc) is 2.91. The van der Waals surface area contributed by atoms with Crippen molar-refractivity contribution in [1.29, 1.82) is 0 Å². The predicted octanol–water partition coefficient (Wildman–Crippen LogP) is 3.41. The van der Waals surface area contributed by atoms with Crippen molar-refractivity contribution >= 4 is 21.4 Å². The molecule has 134 valence electrons. The lowest BCUT2D eigenvalue weighted by atomic mass is 10.0. The number of hydrogen-bond acceptors (Lipinski definition) is 4. The van der Waals surface area contributed by atoms with Crippen LogP contribution in [0.5, 0.6) is 0 Å². The van der Waals surface area contributed by atoms with Crippen molar-refractivity contribution in [2.75, 3.05) is 5.01 Å². The molecule has 0 saturated carbocycles. The highest BCUT2D eigenvalue weighted by Gasteiger charge is 2.42. The van der Waals surface area contributed by atoms with Gasteiger partial charge in [0.05, 0.1) is 16.6 Å². The van der Waals surface area contributed by atoms with Crippen LogP contribution in [0.4, 0.5) is 18.9 Å². The number of alkyl halides is 3. The summed E-state index contributed by atoms with van der Waals surface area (Å²) in [5.41, 5.74) is -0.386. The Labute approximate surface area is 139 Å². The molecule has 0 fully saturated rings. The van der Waals surface area contributed by atoms with E-state index in [-0.39, 0.29) is 17.4 Å². The van der Waals surface area contributed by atoms with E-state index in [0.29, 0.717) is 12.1 Å². The molecule has 0 aromatic heterocycles. The number of primary sulfonamides is 1. The summed E-state index contributed by atoms with van der Waals surface area (Å²) >= 11 is 0. The molecule has 5 nitrogen and oxygen atoms in total. The number of benzene rings is 1. The van der Waals surface area contributed by atoms with Crippen LogP contribution >= 0.6 is 0 Å². The Hall–Kier alpha value is -1.61. The lowest BCUT2D eigenvalue weighted by Crippen LogP contribution is -2.27. The summed E-state index contributed by atoms with van der Waals surface area (Å²) in [5.74, 6) is 0. The van der Waals surface area contributed by atoms with E-state index in [1.54, 1.807) is 0 Å². The van der Waals surface area contributed by atoms with E-state index in [2.05, 4.69) is 5.10 Å². The summed E-state index contributed by atoms with van der Waals surface area (Å²) in [6.45, 7) is 2.02. The highest BCUT2D eigenvalue weighted by Crippen LogP contribution is 2.33. The molecule has 1 unspecified atom stereocenters. The molecule has 2 N–H and O–H groups in total. The normalized spacial score (nSPS) is 18.8. The smallest absolute Gasteiger partial charge is 0.262 e. The minimum Gasteiger partial charge on any atom is -0.262 e. The Bertz CT molecular complexity index is 700. The van der Waals surface area contributed by atoms with Crippen molar-refractivity contribution in [3.05, 3.63) is 24.3 Å². The molecule has 0 saturated heterocycles. The van der Waals surface area contributed by atoms with E-state index in [4.69, 9.17) is 5.14 Å². The molecule has 0 bridgehead atoms. The van der Waals surface area contributed by atoms with Crippen molar-refractivity contribution in [3.63, 3.8) is 0 Å².